The first-order valence-corrected chi connectivity index (χ1v) is 6.86. The molecular formula is C16H14ClN3O. The number of hydrogen-bond acceptors (Lipinski definition) is 2. The molecule has 1 heterocycles. The van der Waals surface area contributed by atoms with E-state index in [1.54, 1.807) is 18.2 Å². The van der Waals surface area contributed by atoms with E-state index in [1.807, 2.05) is 31.2 Å². The summed E-state index contributed by atoms with van der Waals surface area (Å²) in [5.41, 5.74) is 9.38. The van der Waals surface area contributed by atoms with Crippen molar-refractivity contribution in [3.05, 3.63) is 58.7 Å². The molecule has 106 valence electrons. The Bertz CT molecular complexity index is 839. The van der Waals surface area contributed by atoms with Crippen LogP contribution in [0.25, 0.3) is 10.9 Å². The number of anilines is 2. The number of carbonyl (C=O) groups is 1. The van der Waals surface area contributed by atoms with E-state index in [0.29, 0.717) is 22.1 Å². The summed E-state index contributed by atoms with van der Waals surface area (Å²) >= 11 is 6.05. The van der Waals surface area contributed by atoms with E-state index in [-0.39, 0.29) is 5.91 Å². The number of aromatic nitrogens is 1. The van der Waals surface area contributed by atoms with Crippen LogP contribution in [-0.2, 0) is 0 Å². The second-order valence-corrected chi connectivity index (χ2v) is 5.35. The van der Waals surface area contributed by atoms with Gasteiger partial charge in [0.25, 0.3) is 5.91 Å². The van der Waals surface area contributed by atoms with Gasteiger partial charge in [0.15, 0.2) is 0 Å². The van der Waals surface area contributed by atoms with Gasteiger partial charge in [-0.25, -0.2) is 0 Å². The number of benzene rings is 2. The smallest absolute Gasteiger partial charge is 0.272 e. The van der Waals surface area contributed by atoms with E-state index in [9.17, 15) is 4.79 Å². The third-order valence-electron chi connectivity index (χ3n) is 3.32. The SMILES string of the molecule is Cc1ccc(NC(=O)c2cc3cc(N)ccc3[nH]2)cc1Cl. The molecule has 4 N–H and O–H groups in total. The van der Waals surface area contributed by atoms with E-state index in [1.165, 1.54) is 0 Å². The summed E-state index contributed by atoms with van der Waals surface area (Å²) in [5.74, 6) is -0.218. The number of carbonyl (C=O) groups excluding carboxylic acids is 1. The minimum Gasteiger partial charge on any atom is -0.399 e. The maximum Gasteiger partial charge on any atom is 0.272 e. The fourth-order valence-corrected chi connectivity index (χ4v) is 2.32. The van der Waals surface area contributed by atoms with Crippen LogP contribution < -0.4 is 11.1 Å². The third kappa shape index (κ3) is 2.71. The van der Waals surface area contributed by atoms with Gasteiger partial charge in [0.1, 0.15) is 5.69 Å². The van der Waals surface area contributed by atoms with Gasteiger partial charge in [-0.2, -0.15) is 0 Å². The molecule has 2 aromatic carbocycles. The summed E-state index contributed by atoms with van der Waals surface area (Å²) in [5, 5.41) is 4.34. The molecule has 5 heteroatoms. The van der Waals surface area contributed by atoms with Crippen LogP contribution in [0, 0.1) is 6.92 Å². The molecule has 0 unspecified atom stereocenters. The molecule has 21 heavy (non-hydrogen) atoms. The molecule has 0 bridgehead atoms. The van der Waals surface area contributed by atoms with Gasteiger partial charge in [0.05, 0.1) is 0 Å². The van der Waals surface area contributed by atoms with Gasteiger partial charge < -0.3 is 16.0 Å². The minimum absolute atomic E-state index is 0.218. The number of H-pyrrole nitrogens is 1. The average molecular weight is 300 g/mol. The number of nitrogens with one attached hydrogen (secondary N) is 2. The number of amides is 1. The summed E-state index contributed by atoms with van der Waals surface area (Å²) < 4.78 is 0. The molecule has 4 nitrogen and oxygen atoms in total. The van der Waals surface area contributed by atoms with Crippen molar-refractivity contribution in [3.63, 3.8) is 0 Å². The van der Waals surface area contributed by atoms with Crippen molar-refractivity contribution in [1.29, 1.82) is 0 Å². The molecular weight excluding hydrogens is 286 g/mol. The molecule has 3 rings (SSSR count). The molecule has 0 atom stereocenters. The highest BCUT2D eigenvalue weighted by molar-refractivity contribution is 6.31. The maximum absolute atomic E-state index is 12.2. The molecule has 0 aliphatic carbocycles. The van der Waals surface area contributed by atoms with Gasteiger partial charge in [-0.3, -0.25) is 4.79 Å². The number of halogens is 1. The van der Waals surface area contributed by atoms with Crippen molar-refractivity contribution < 1.29 is 4.79 Å². The third-order valence-corrected chi connectivity index (χ3v) is 3.73. The topological polar surface area (TPSA) is 70.9 Å². The summed E-state index contributed by atoms with van der Waals surface area (Å²) in [6, 6.07) is 12.7. The van der Waals surface area contributed by atoms with Crippen LogP contribution in [0.2, 0.25) is 5.02 Å². The number of aromatic amines is 1. The molecule has 0 aliphatic heterocycles. The first kappa shape index (κ1) is 13.5. The molecule has 0 aliphatic rings. The van der Waals surface area contributed by atoms with Gasteiger partial charge in [0, 0.05) is 27.3 Å². The quantitative estimate of drug-likeness (QED) is 0.627. The molecule has 0 spiro atoms. The van der Waals surface area contributed by atoms with Crippen LogP contribution in [0.3, 0.4) is 0 Å². The standard InChI is InChI=1S/C16H14ClN3O/c1-9-2-4-12(8-13(9)17)19-16(21)15-7-10-6-11(18)3-5-14(10)20-15/h2-8,20H,18H2,1H3,(H,19,21). The Morgan fingerprint density at radius 2 is 2.00 bits per heavy atom. The summed E-state index contributed by atoms with van der Waals surface area (Å²) in [6.45, 7) is 1.91. The van der Waals surface area contributed by atoms with Crippen molar-refractivity contribution in [2.45, 2.75) is 6.92 Å². The van der Waals surface area contributed by atoms with Gasteiger partial charge in [0.2, 0.25) is 0 Å². The normalized spacial score (nSPS) is 10.8. The predicted octanol–water partition coefficient (Wildman–Crippen LogP) is 3.96. The highest BCUT2D eigenvalue weighted by atomic mass is 35.5. The van der Waals surface area contributed by atoms with Gasteiger partial charge in [-0.1, -0.05) is 17.7 Å². The van der Waals surface area contributed by atoms with Crippen LogP contribution in [0.5, 0.6) is 0 Å². The van der Waals surface area contributed by atoms with E-state index in [4.69, 9.17) is 17.3 Å². The first-order valence-electron chi connectivity index (χ1n) is 6.49. The molecule has 3 aromatic rings. The van der Waals surface area contributed by atoms with Gasteiger partial charge in [-0.05, 0) is 48.9 Å². The largest absolute Gasteiger partial charge is 0.399 e. The fourth-order valence-electron chi connectivity index (χ4n) is 2.14. The second-order valence-electron chi connectivity index (χ2n) is 4.95. The highest BCUT2D eigenvalue weighted by Gasteiger charge is 2.10. The van der Waals surface area contributed by atoms with Crippen LogP contribution in [0.15, 0.2) is 42.5 Å². The fraction of sp³-hybridized carbons (Fsp3) is 0.0625. The van der Waals surface area contributed by atoms with Crippen molar-refractivity contribution in [2.24, 2.45) is 0 Å². The van der Waals surface area contributed by atoms with Crippen molar-refractivity contribution in [3.8, 4) is 0 Å². The number of nitrogen functional groups attached to an aromatic ring is 1. The molecule has 1 amide bonds. The second kappa shape index (κ2) is 5.14. The average Bonchev–Trinajstić information content (AvgIpc) is 2.86. The van der Waals surface area contributed by atoms with E-state index in [0.717, 1.165) is 16.5 Å². The van der Waals surface area contributed by atoms with Gasteiger partial charge in [-0.15, -0.1) is 0 Å². The lowest BCUT2D eigenvalue weighted by molar-refractivity contribution is 0.102. The predicted molar refractivity (Wildman–Crippen MR) is 86.9 cm³/mol. The molecule has 0 saturated carbocycles. The van der Waals surface area contributed by atoms with Gasteiger partial charge >= 0.3 is 0 Å². The van der Waals surface area contributed by atoms with Crippen molar-refractivity contribution in [1.82, 2.24) is 4.98 Å². The Balaban J connectivity index is 1.87. The maximum atomic E-state index is 12.2. The summed E-state index contributed by atoms with van der Waals surface area (Å²) in [7, 11) is 0. The Kier molecular flexibility index (Phi) is 3.31. The summed E-state index contributed by atoms with van der Waals surface area (Å²) in [4.78, 5) is 15.3. The van der Waals surface area contributed by atoms with Crippen LogP contribution >= 0.6 is 11.6 Å². The lowest BCUT2D eigenvalue weighted by Crippen LogP contribution is -2.12. The van der Waals surface area contributed by atoms with E-state index >= 15 is 0 Å². The zero-order valence-corrected chi connectivity index (χ0v) is 12.2. The Morgan fingerprint density at radius 3 is 2.76 bits per heavy atom. The molecule has 0 radical (unpaired) electrons. The lowest BCUT2D eigenvalue weighted by Gasteiger charge is -2.05. The zero-order chi connectivity index (χ0) is 15.0. The number of nitrogens with two attached hydrogens (primary N) is 1. The molecule has 0 fully saturated rings. The number of rotatable bonds is 2. The van der Waals surface area contributed by atoms with E-state index < -0.39 is 0 Å². The Hall–Kier alpha value is -2.46. The minimum atomic E-state index is -0.218. The number of hydrogen-bond donors (Lipinski definition) is 3. The van der Waals surface area contributed by atoms with Crippen LogP contribution in [0.4, 0.5) is 11.4 Å². The zero-order valence-electron chi connectivity index (χ0n) is 11.4. The van der Waals surface area contributed by atoms with Crippen LogP contribution in [-0.4, -0.2) is 10.9 Å². The lowest BCUT2D eigenvalue weighted by atomic mass is 10.2. The van der Waals surface area contributed by atoms with E-state index in [2.05, 4.69) is 10.3 Å². The Labute approximate surface area is 126 Å². The molecule has 1 aromatic heterocycles. The highest BCUT2D eigenvalue weighted by Crippen LogP contribution is 2.22. The number of fused-ring (bicyclic) bond motifs is 1. The first-order chi connectivity index (χ1) is 10.0. The summed E-state index contributed by atoms with van der Waals surface area (Å²) in [6.07, 6.45) is 0. The van der Waals surface area contributed by atoms with Crippen molar-refractivity contribution in [2.75, 3.05) is 11.1 Å². The monoisotopic (exact) mass is 299 g/mol. The Morgan fingerprint density at radius 1 is 1.19 bits per heavy atom. The van der Waals surface area contributed by atoms with Crippen molar-refractivity contribution >= 4 is 39.8 Å². The molecule has 0 saturated heterocycles. The van der Waals surface area contributed by atoms with Crippen LogP contribution in [0.1, 0.15) is 16.1 Å². The number of aryl methyl sites for hydroxylation is 1.